The van der Waals surface area contributed by atoms with E-state index in [0.29, 0.717) is 6.42 Å². The van der Waals surface area contributed by atoms with E-state index in [4.69, 9.17) is 9.84 Å². The van der Waals surface area contributed by atoms with Crippen molar-refractivity contribution in [1.82, 2.24) is 10.6 Å². The smallest absolute Gasteiger partial charge is 0.407 e. The number of hydrogen-bond donors (Lipinski definition) is 3. The number of carbonyl (C=O) groups is 3. The van der Waals surface area contributed by atoms with E-state index in [9.17, 15) is 14.4 Å². The summed E-state index contributed by atoms with van der Waals surface area (Å²) in [5.74, 6) is -1.62. The highest BCUT2D eigenvalue weighted by Crippen LogP contribution is 2.44. The van der Waals surface area contributed by atoms with Crippen molar-refractivity contribution < 1.29 is 24.2 Å². The van der Waals surface area contributed by atoms with Crippen molar-refractivity contribution in [2.75, 3.05) is 13.2 Å². The lowest BCUT2D eigenvalue weighted by molar-refractivity contribution is -0.132. The van der Waals surface area contributed by atoms with Crippen LogP contribution in [0.25, 0.3) is 11.1 Å². The minimum absolute atomic E-state index is 0.0657. The predicted molar refractivity (Wildman–Crippen MR) is 126 cm³/mol. The van der Waals surface area contributed by atoms with Crippen molar-refractivity contribution in [1.29, 1.82) is 0 Å². The Bertz CT molecular complexity index is 1020. The van der Waals surface area contributed by atoms with Gasteiger partial charge in [-0.1, -0.05) is 74.9 Å². The van der Waals surface area contributed by atoms with Gasteiger partial charge in [-0.15, -0.1) is 0 Å². The molecule has 0 aromatic heterocycles. The molecule has 2 aromatic carbocycles. The molecule has 0 heterocycles. The summed E-state index contributed by atoms with van der Waals surface area (Å²) < 4.78 is 5.57. The number of benzene rings is 2. The number of hydrogen-bond acceptors (Lipinski definition) is 4. The second-order valence-electron chi connectivity index (χ2n) is 8.27. The molecular weight excluding hydrogens is 420 g/mol. The van der Waals surface area contributed by atoms with Crippen molar-refractivity contribution in [2.45, 2.75) is 39.2 Å². The van der Waals surface area contributed by atoms with Gasteiger partial charge in [0.1, 0.15) is 12.6 Å². The topological polar surface area (TPSA) is 105 Å². The number of alkyl carbamates (subject to hydrolysis) is 1. The van der Waals surface area contributed by atoms with E-state index < -0.39 is 18.1 Å². The summed E-state index contributed by atoms with van der Waals surface area (Å²) >= 11 is 0. The van der Waals surface area contributed by atoms with Gasteiger partial charge >= 0.3 is 12.1 Å². The Morgan fingerprint density at radius 2 is 1.64 bits per heavy atom. The molecule has 2 unspecified atom stereocenters. The number of ether oxygens (including phenoxy) is 1. The molecular formula is C26H30N2O5. The first kappa shape index (κ1) is 24.0. The predicted octanol–water partition coefficient (Wildman–Crippen LogP) is 4.09. The molecule has 0 spiro atoms. The monoisotopic (exact) mass is 450 g/mol. The zero-order chi connectivity index (χ0) is 24.0. The number of carbonyl (C=O) groups excluding carboxylic acids is 2. The third-order valence-corrected chi connectivity index (χ3v) is 6.13. The Balaban J connectivity index is 1.64. The molecule has 33 heavy (non-hydrogen) atoms. The molecule has 0 fully saturated rings. The number of carboxylic acid groups (broad SMARTS) is 1. The molecule has 3 rings (SSSR count). The minimum atomic E-state index is -1.04. The van der Waals surface area contributed by atoms with Crippen LogP contribution in [-0.4, -0.2) is 42.3 Å². The third kappa shape index (κ3) is 5.61. The highest BCUT2D eigenvalue weighted by atomic mass is 16.5. The van der Waals surface area contributed by atoms with E-state index in [1.54, 1.807) is 0 Å². The van der Waals surface area contributed by atoms with Crippen LogP contribution < -0.4 is 10.6 Å². The third-order valence-electron chi connectivity index (χ3n) is 6.13. The Morgan fingerprint density at radius 3 is 2.18 bits per heavy atom. The number of aliphatic carboxylic acids is 1. The molecule has 1 aliphatic rings. The van der Waals surface area contributed by atoms with Gasteiger partial charge in [0.2, 0.25) is 5.91 Å². The molecule has 2 aromatic rings. The molecule has 7 nitrogen and oxygen atoms in total. The van der Waals surface area contributed by atoms with Crippen LogP contribution in [0.4, 0.5) is 4.79 Å². The molecule has 7 heteroatoms. The van der Waals surface area contributed by atoms with Crippen molar-refractivity contribution in [3.8, 4) is 11.1 Å². The maximum atomic E-state index is 12.7. The van der Waals surface area contributed by atoms with Gasteiger partial charge in [-0.3, -0.25) is 4.79 Å². The van der Waals surface area contributed by atoms with Crippen LogP contribution in [0.15, 0.2) is 60.2 Å². The van der Waals surface area contributed by atoms with E-state index >= 15 is 0 Å². The SMILES string of the molecule is CCC(C)C(NC(=O)OCC1c2ccccc2-c2ccccc21)C(=O)NC/C=C(\C)C(=O)O. The number of carboxylic acids is 1. The van der Waals surface area contributed by atoms with Crippen LogP contribution in [0.5, 0.6) is 0 Å². The lowest BCUT2D eigenvalue weighted by Gasteiger charge is -2.23. The van der Waals surface area contributed by atoms with Crippen molar-refractivity contribution in [2.24, 2.45) is 5.92 Å². The average molecular weight is 451 g/mol. The lowest BCUT2D eigenvalue weighted by Crippen LogP contribution is -2.50. The zero-order valence-electron chi connectivity index (χ0n) is 19.1. The van der Waals surface area contributed by atoms with Gasteiger partial charge in [-0.2, -0.15) is 0 Å². The number of nitrogens with one attached hydrogen (secondary N) is 2. The van der Waals surface area contributed by atoms with Gasteiger partial charge in [-0.05, 0) is 35.1 Å². The van der Waals surface area contributed by atoms with Crippen LogP contribution >= 0.6 is 0 Å². The number of amides is 2. The molecule has 1 aliphatic carbocycles. The number of rotatable bonds is 9. The molecule has 0 aliphatic heterocycles. The first-order chi connectivity index (χ1) is 15.8. The summed E-state index contributed by atoms with van der Waals surface area (Å²) in [6, 6.07) is 15.4. The van der Waals surface area contributed by atoms with Crippen molar-refractivity contribution in [3.05, 3.63) is 71.3 Å². The maximum absolute atomic E-state index is 12.7. The summed E-state index contributed by atoms with van der Waals surface area (Å²) in [4.78, 5) is 36.2. The van der Waals surface area contributed by atoms with Crippen LogP contribution in [0.3, 0.4) is 0 Å². The second kappa shape index (κ2) is 10.8. The molecule has 0 bridgehead atoms. The summed E-state index contributed by atoms with van der Waals surface area (Å²) in [6.07, 6.45) is 1.43. The van der Waals surface area contributed by atoms with Gasteiger partial charge in [0, 0.05) is 18.0 Å². The quantitative estimate of drug-likeness (QED) is 0.499. The summed E-state index contributed by atoms with van der Waals surface area (Å²) in [5.41, 5.74) is 4.65. The highest BCUT2D eigenvalue weighted by molar-refractivity contribution is 5.87. The number of fused-ring (bicyclic) bond motifs is 3. The van der Waals surface area contributed by atoms with E-state index in [2.05, 4.69) is 22.8 Å². The fraction of sp³-hybridized carbons (Fsp3) is 0.346. The fourth-order valence-electron chi connectivity index (χ4n) is 3.97. The van der Waals surface area contributed by atoms with E-state index in [1.165, 1.54) is 13.0 Å². The van der Waals surface area contributed by atoms with Crippen molar-refractivity contribution in [3.63, 3.8) is 0 Å². The van der Waals surface area contributed by atoms with Crippen LogP contribution in [0.1, 0.15) is 44.2 Å². The minimum Gasteiger partial charge on any atom is -0.478 e. The van der Waals surface area contributed by atoms with Gasteiger partial charge in [-0.25, -0.2) is 9.59 Å². The van der Waals surface area contributed by atoms with Gasteiger partial charge in [0.05, 0.1) is 0 Å². The zero-order valence-corrected chi connectivity index (χ0v) is 19.1. The Hall–Kier alpha value is -3.61. The van der Waals surface area contributed by atoms with Crippen molar-refractivity contribution >= 4 is 18.0 Å². The van der Waals surface area contributed by atoms with Crippen LogP contribution in [0, 0.1) is 5.92 Å². The molecule has 0 saturated heterocycles. The normalized spacial score (nSPS) is 14.6. The second-order valence-corrected chi connectivity index (χ2v) is 8.27. The molecule has 0 radical (unpaired) electrons. The highest BCUT2D eigenvalue weighted by Gasteiger charge is 2.30. The van der Waals surface area contributed by atoms with E-state index in [-0.39, 0.29) is 36.5 Å². The molecule has 0 saturated carbocycles. The summed E-state index contributed by atoms with van der Waals surface area (Å²) in [5, 5.41) is 14.3. The van der Waals surface area contributed by atoms with E-state index in [1.807, 2.05) is 50.2 Å². The first-order valence-electron chi connectivity index (χ1n) is 11.1. The molecule has 2 atom stereocenters. The summed E-state index contributed by atoms with van der Waals surface area (Å²) in [6.45, 7) is 5.48. The van der Waals surface area contributed by atoms with Gasteiger partial charge in [0.15, 0.2) is 0 Å². The Kier molecular flexibility index (Phi) is 7.87. The first-order valence-corrected chi connectivity index (χ1v) is 11.1. The summed E-state index contributed by atoms with van der Waals surface area (Å²) in [7, 11) is 0. The molecule has 174 valence electrons. The van der Waals surface area contributed by atoms with Crippen LogP contribution in [-0.2, 0) is 14.3 Å². The largest absolute Gasteiger partial charge is 0.478 e. The maximum Gasteiger partial charge on any atom is 0.407 e. The fourth-order valence-corrected chi connectivity index (χ4v) is 3.97. The Morgan fingerprint density at radius 1 is 1.06 bits per heavy atom. The molecule has 3 N–H and O–H groups in total. The Labute approximate surface area is 193 Å². The van der Waals surface area contributed by atoms with Gasteiger partial charge < -0.3 is 20.5 Å². The standard InChI is InChI=1S/C26H30N2O5/c1-4-16(2)23(24(29)27-14-13-17(3)25(30)31)28-26(32)33-15-22-20-11-7-5-9-18(20)19-10-6-8-12-21(19)22/h5-13,16,22-23H,4,14-15H2,1-3H3,(H,27,29)(H,28,32)(H,30,31)/b17-13+. The molecule has 2 amide bonds. The average Bonchev–Trinajstić information content (AvgIpc) is 3.14. The van der Waals surface area contributed by atoms with Gasteiger partial charge in [0.25, 0.3) is 0 Å². The van der Waals surface area contributed by atoms with Crippen LogP contribution in [0.2, 0.25) is 0 Å². The lowest BCUT2D eigenvalue weighted by atomic mass is 9.98. The van der Waals surface area contributed by atoms with E-state index in [0.717, 1.165) is 22.3 Å².